The first-order valence-corrected chi connectivity index (χ1v) is 15.0. The summed E-state index contributed by atoms with van der Waals surface area (Å²) in [5, 5.41) is 24.2. The Morgan fingerprint density at radius 3 is 2.61 bits per heavy atom. The number of para-hydroxylation sites is 1. The second kappa shape index (κ2) is 13.2. The molecular formula is C26H38N6O8P+. The van der Waals surface area contributed by atoms with E-state index in [1.54, 1.807) is 41.9 Å². The highest BCUT2D eigenvalue weighted by atomic mass is 31.2. The Hall–Kier alpha value is -3.13. The fraction of sp³-hybridized carbons (Fsp3) is 0.538. The molecule has 5 N–H and O–H groups in total. The van der Waals surface area contributed by atoms with E-state index in [0.29, 0.717) is 17.0 Å². The van der Waals surface area contributed by atoms with Crippen LogP contribution in [0.2, 0.25) is 0 Å². The maximum absolute atomic E-state index is 13.8. The summed E-state index contributed by atoms with van der Waals surface area (Å²) in [6.45, 7) is 5.32. The highest BCUT2D eigenvalue weighted by Crippen LogP contribution is 2.46. The van der Waals surface area contributed by atoms with E-state index in [2.05, 4.69) is 15.1 Å². The summed E-state index contributed by atoms with van der Waals surface area (Å²) in [6.07, 6.45) is -0.385. The number of hydrogen-bond donors (Lipinski definition) is 4. The lowest BCUT2D eigenvalue weighted by Crippen LogP contribution is -2.37. The minimum Gasteiger partial charge on any atom is -0.464 e. The van der Waals surface area contributed by atoms with Crippen molar-refractivity contribution in [3.8, 4) is 5.75 Å². The van der Waals surface area contributed by atoms with Gasteiger partial charge in [-0.15, -0.1) is 0 Å². The van der Waals surface area contributed by atoms with Crippen molar-refractivity contribution >= 4 is 30.7 Å². The zero-order valence-corrected chi connectivity index (χ0v) is 24.4. The fourth-order valence-electron chi connectivity index (χ4n) is 4.34. The molecule has 1 aliphatic rings. The number of fused-ring (bicyclic) bond motifs is 1. The molecule has 0 bridgehead atoms. The summed E-state index contributed by atoms with van der Waals surface area (Å²) in [5.41, 5.74) is 6.82. The zero-order chi connectivity index (χ0) is 29.7. The predicted molar refractivity (Wildman–Crippen MR) is 147 cm³/mol. The summed E-state index contributed by atoms with van der Waals surface area (Å²) in [6, 6.07) is 7.26. The number of esters is 1. The van der Waals surface area contributed by atoms with E-state index in [9.17, 15) is 19.6 Å². The van der Waals surface area contributed by atoms with Gasteiger partial charge in [0.15, 0.2) is 11.7 Å². The Bertz CT molecular complexity index is 1370. The van der Waals surface area contributed by atoms with Gasteiger partial charge in [0.1, 0.15) is 36.4 Å². The molecule has 14 nitrogen and oxygen atoms in total. The van der Waals surface area contributed by atoms with Crippen molar-refractivity contribution in [3.05, 3.63) is 43.0 Å². The van der Waals surface area contributed by atoms with E-state index in [0.717, 1.165) is 12.8 Å². The lowest BCUT2D eigenvalue weighted by molar-refractivity contribution is -0.658. The number of hydrogen-bond acceptors (Lipinski definition) is 11. The van der Waals surface area contributed by atoms with Gasteiger partial charge in [-0.05, 0) is 25.0 Å². The number of benzene rings is 1. The van der Waals surface area contributed by atoms with Gasteiger partial charge in [-0.25, -0.2) is 14.1 Å². The second-order valence-electron chi connectivity index (χ2n) is 9.97. The van der Waals surface area contributed by atoms with Gasteiger partial charge in [-0.3, -0.25) is 13.9 Å². The monoisotopic (exact) mass is 593 g/mol. The van der Waals surface area contributed by atoms with Crippen molar-refractivity contribution in [3.63, 3.8) is 0 Å². The Morgan fingerprint density at radius 2 is 1.93 bits per heavy atom. The van der Waals surface area contributed by atoms with E-state index < -0.39 is 50.9 Å². The number of nitrogens with two attached hydrogens (primary N) is 1. The van der Waals surface area contributed by atoms with Crippen LogP contribution in [0.25, 0.3) is 11.2 Å². The van der Waals surface area contributed by atoms with Crippen LogP contribution in [0.3, 0.4) is 0 Å². The lowest BCUT2D eigenvalue weighted by Gasteiger charge is -2.25. The molecule has 224 valence electrons. The Morgan fingerprint density at radius 1 is 1.22 bits per heavy atom. The number of ether oxygens (including phenoxy) is 2. The average Bonchev–Trinajstić information content (AvgIpc) is 3.51. The molecule has 0 saturated carbocycles. The molecule has 15 heteroatoms. The molecule has 1 aromatic carbocycles. The SMILES string of the molecule is CCC(CC)COC(=O)C(C)NP(=O)(OC[C@H]1O[C@@H](n2cnc3c(N)[n+](C)cnc32)[C@@H](O)C1O)Oc1ccccc1. The van der Waals surface area contributed by atoms with Crippen LogP contribution in [0.4, 0.5) is 5.82 Å². The second-order valence-corrected chi connectivity index (χ2v) is 11.7. The van der Waals surface area contributed by atoms with Crippen LogP contribution in [-0.4, -0.2) is 68.3 Å². The molecule has 1 saturated heterocycles. The lowest BCUT2D eigenvalue weighted by atomic mass is 10.1. The number of aliphatic hydroxyl groups is 2. The van der Waals surface area contributed by atoms with E-state index in [1.165, 1.54) is 24.1 Å². The van der Waals surface area contributed by atoms with Crippen LogP contribution < -0.4 is 19.9 Å². The topological polar surface area (TPSA) is 184 Å². The van der Waals surface area contributed by atoms with Gasteiger partial charge in [-0.1, -0.05) is 49.9 Å². The highest BCUT2D eigenvalue weighted by Gasteiger charge is 2.46. The van der Waals surface area contributed by atoms with Crippen LogP contribution in [0.5, 0.6) is 5.75 Å². The summed E-state index contributed by atoms with van der Waals surface area (Å²) in [7, 11) is -2.50. The van der Waals surface area contributed by atoms with E-state index in [4.69, 9.17) is 24.3 Å². The Labute approximate surface area is 238 Å². The minimum atomic E-state index is -4.22. The standard InChI is InChI=1S/C26H37N6O8P/c1-5-17(6-2)12-37-26(35)16(3)30-41(36,40-18-10-8-7-9-11-18)38-13-19-21(33)22(34)25(39-19)32-15-28-20-23(27)31(4)14-29-24(20)32/h7-11,14-17,19,21-22,25,27,33-34H,5-6,12-13H2,1-4H3,(H,30,36)/p+1/t16?,19-,21?,22+,25-,41?/m1/s1. The van der Waals surface area contributed by atoms with E-state index >= 15 is 0 Å². The summed E-state index contributed by atoms with van der Waals surface area (Å²) in [5.74, 6) is 0.196. The largest absolute Gasteiger partial charge is 0.464 e. The van der Waals surface area contributed by atoms with Crippen molar-refractivity contribution in [2.75, 3.05) is 18.9 Å². The quantitative estimate of drug-likeness (QED) is 0.128. The third-order valence-corrected chi connectivity index (χ3v) is 8.70. The maximum Gasteiger partial charge on any atom is 0.459 e. The number of nitrogens with one attached hydrogen (secondary N) is 1. The van der Waals surface area contributed by atoms with Crippen molar-refractivity contribution < 1.29 is 42.7 Å². The molecule has 0 radical (unpaired) electrons. The number of rotatable bonds is 13. The van der Waals surface area contributed by atoms with E-state index in [-0.39, 0.29) is 18.3 Å². The van der Waals surface area contributed by atoms with Gasteiger partial charge in [-0.2, -0.15) is 5.09 Å². The molecule has 3 aromatic rings. The van der Waals surface area contributed by atoms with Gasteiger partial charge in [0.05, 0.1) is 20.3 Å². The van der Waals surface area contributed by atoms with Gasteiger partial charge >= 0.3 is 13.7 Å². The van der Waals surface area contributed by atoms with Gasteiger partial charge in [0.25, 0.3) is 5.82 Å². The first-order chi connectivity index (χ1) is 19.6. The number of carbonyl (C=O) groups is 1. The fourth-order valence-corrected chi connectivity index (χ4v) is 5.84. The molecule has 1 aliphatic heterocycles. The minimum absolute atomic E-state index is 0.220. The summed E-state index contributed by atoms with van der Waals surface area (Å²) < 4.78 is 39.5. The van der Waals surface area contributed by atoms with Crippen LogP contribution in [0.15, 0.2) is 43.0 Å². The van der Waals surface area contributed by atoms with Gasteiger partial charge < -0.3 is 29.9 Å². The molecule has 6 atom stereocenters. The third-order valence-electron chi connectivity index (χ3n) is 7.05. The number of aromatic nitrogens is 4. The molecule has 3 unspecified atom stereocenters. The number of aryl methyl sites for hydroxylation is 1. The van der Waals surface area contributed by atoms with Crippen LogP contribution in [-0.2, 0) is 30.4 Å². The maximum atomic E-state index is 13.8. The molecule has 0 spiro atoms. The van der Waals surface area contributed by atoms with Crippen molar-refractivity contribution in [2.45, 2.75) is 64.2 Å². The molecule has 1 fully saturated rings. The smallest absolute Gasteiger partial charge is 0.459 e. The van der Waals surface area contributed by atoms with Crippen LogP contribution >= 0.6 is 7.75 Å². The normalized spacial score (nSPS) is 23.0. The van der Waals surface area contributed by atoms with Crippen molar-refractivity contribution in [1.29, 1.82) is 0 Å². The predicted octanol–water partition coefficient (Wildman–Crippen LogP) is 1.62. The number of nitrogens with zero attached hydrogens (tertiary/aromatic N) is 4. The van der Waals surface area contributed by atoms with Crippen LogP contribution in [0.1, 0.15) is 39.8 Å². The number of aliphatic hydroxyl groups excluding tert-OH is 2. The summed E-state index contributed by atoms with van der Waals surface area (Å²) in [4.78, 5) is 21.2. The van der Waals surface area contributed by atoms with Crippen molar-refractivity contribution in [1.82, 2.24) is 19.6 Å². The van der Waals surface area contributed by atoms with Crippen molar-refractivity contribution in [2.24, 2.45) is 13.0 Å². The molecule has 2 aromatic heterocycles. The molecule has 0 aliphatic carbocycles. The number of imidazole rings is 1. The summed E-state index contributed by atoms with van der Waals surface area (Å²) >= 11 is 0. The molecule has 3 heterocycles. The highest BCUT2D eigenvalue weighted by molar-refractivity contribution is 7.52. The number of carbonyl (C=O) groups excluding carboxylic acids is 1. The Balaban J connectivity index is 1.47. The van der Waals surface area contributed by atoms with Gasteiger partial charge in [0.2, 0.25) is 12.0 Å². The third kappa shape index (κ3) is 7.03. The number of anilines is 1. The first kappa shape index (κ1) is 30.8. The first-order valence-electron chi connectivity index (χ1n) is 13.5. The molecule has 4 rings (SSSR count). The Kier molecular flexibility index (Phi) is 9.95. The van der Waals surface area contributed by atoms with Gasteiger partial charge in [0, 0.05) is 0 Å². The molecular weight excluding hydrogens is 555 g/mol. The average molecular weight is 594 g/mol. The molecule has 41 heavy (non-hydrogen) atoms. The van der Waals surface area contributed by atoms with E-state index in [1.807, 2.05) is 13.8 Å². The number of nitrogen functional groups attached to an aromatic ring is 1. The van der Waals surface area contributed by atoms with Crippen LogP contribution in [0, 0.1) is 5.92 Å². The molecule has 0 amide bonds. The zero-order valence-electron chi connectivity index (χ0n) is 23.5.